The smallest absolute Gasteiger partial charge is 0.147 e. The summed E-state index contributed by atoms with van der Waals surface area (Å²) >= 11 is 0. The van der Waals surface area contributed by atoms with Crippen LogP contribution in [0.2, 0.25) is 0 Å². The average molecular weight is 202 g/mol. The van der Waals surface area contributed by atoms with E-state index >= 15 is 0 Å². The molecule has 78 valence electrons. The van der Waals surface area contributed by atoms with Gasteiger partial charge in [-0.15, -0.1) is 0 Å². The number of rotatable bonds is 2. The van der Waals surface area contributed by atoms with E-state index in [1.165, 1.54) is 0 Å². The Labute approximate surface area is 89.2 Å². The predicted molar refractivity (Wildman–Crippen MR) is 57.0 cm³/mol. The molecule has 1 aliphatic carbocycles. The lowest BCUT2D eigenvalue weighted by molar-refractivity contribution is -0.122. The molecule has 3 rings (SSSR count). The van der Waals surface area contributed by atoms with Crippen molar-refractivity contribution >= 4 is 5.78 Å². The third-order valence-electron chi connectivity index (χ3n) is 3.32. The van der Waals surface area contributed by atoms with Crippen LogP contribution in [0.1, 0.15) is 31.2 Å². The number of ether oxygens (including phenoxy) is 1. The summed E-state index contributed by atoms with van der Waals surface area (Å²) in [7, 11) is 0. The minimum absolute atomic E-state index is 0.00972. The number of benzene rings is 1. The summed E-state index contributed by atoms with van der Waals surface area (Å²) in [5.41, 5.74) is 1.09. The monoisotopic (exact) mass is 202 g/mol. The largest absolute Gasteiger partial charge is 0.489 e. The van der Waals surface area contributed by atoms with Gasteiger partial charge in [0.05, 0.1) is 5.92 Å². The highest BCUT2D eigenvalue weighted by atomic mass is 16.5. The molecule has 1 aromatic carbocycles. The van der Waals surface area contributed by atoms with Gasteiger partial charge in [-0.3, -0.25) is 4.79 Å². The van der Waals surface area contributed by atoms with E-state index in [1.807, 2.05) is 31.2 Å². The number of para-hydroxylation sites is 1. The van der Waals surface area contributed by atoms with Crippen LogP contribution >= 0.6 is 0 Å². The van der Waals surface area contributed by atoms with E-state index in [9.17, 15) is 4.79 Å². The van der Waals surface area contributed by atoms with Crippen molar-refractivity contribution in [2.45, 2.75) is 31.8 Å². The van der Waals surface area contributed by atoms with Crippen molar-refractivity contribution in [3.8, 4) is 5.75 Å². The molecule has 0 radical (unpaired) electrons. The first-order valence-electron chi connectivity index (χ1n) is 5.56. The molecule has 2 aliphatic rings. The van der Waals surface area contributed by atoms with Crippen LogP contribution in [-0.2, 0) is 4.79 Å². The number of carbonyl (C=O) groups excluding carboxylic acids is 1. The zero-order valence-corrected chi connectivity index (χ0v) is 8.77. The Morgan fingerprint density at radius 2 is 2.07 bits per heavy atom. The maximum Gasteiger partial charge on any atom is 0.147 e. The number of hydrogen-bond acceptors (Lipinski definition) is 2. The second-order valence-corrected chi connectivity index (χ2v) is 4.52. The number of fused-ring (bicyclic) bond motifs is 1. The molecule has 1 heterocycles. The summed E-state index contributed by atoms with van der Waals surface area (Å²) in [6, 6.07) is 7.90. The maximum absolute atomic E-state index is 12.1. The fourth-order valence-corrected chi connectivity index (χ4v) is 2.37. The summed E-state index contributed by atoms with van der Waals surface area (Å²) in [5, 5.41) is 0. The van der Waals surface area contributed by atoms with Crippen molar-refractivity contribution in [1.82, 2.24) is 0 Å². The highest BCUT2D eigenvalue weighted by molar-refractivity contribution is 5.91. The number of Topliss-reactive ketones (excluding diaryl/α,β-unsaturated/α-hetero) is 1. The third-order valence-corrected chi connectivity index (χ3v) is 3.32. The normalized spacial score (nSPS) is 28.3. The van der Waals surface area contributed by atoms with Crippen LogP contribution in [0.15, 0.2) is 24.3 Å². The Bertz CT molecular complexity index is 407. The summed E-state index contributed by atoms with van der Waals surface area (Å²) in [5.74, 6) is 1.57. The van der Waals surface area contributed by atoms with E-state index in [1.54, 1.807) is 0 Å². The highest BCUT2D eigenvalue weighted by Crippen LogP contribution is 2.44. The first kappa shape index (κ1) is 8.96. The molecule has 0 saturated heterocycles. The lowest BCUT2D eigenvalue weighted by atomic mass is 9.90. The first-order valence-corrected chi connectivity index (χ1v) is 5.56. The van der Waals surface area contributed by atoms with Crippen LogP contribution in [0.5, 0.6) is 5.75 Å². The summed E-state index contributed by atoms with van der Waals surface area (Å²) in [6.45, 7) is 1.99. The molecule has 0 aromatic heterocycles. The van der Waals surface area contributed by atoms with Gasteiger partial charge in [-0.2, -0.15) is 0 Å². The van der Waals surface area contributed by atoms with E-state index in [2.05, 4.69) is 0 Å². The van der Waals surface area contributed by atoms with Crippen molar-refractivity contribution in [2.24, 2.45) is 5.92 Å². The van der Waals surface area contributed by atoms with Crippen LogP contribution < -0.4 is 4.74 Å². The van der Waals surface area contributed by atoms with Gasteiger partial charge in [0.15, 0.2) is 0 Å². The van der Waals surface area contributed by atoms with Crippen LogP contribution in [0.25, 0.3) is 0 Å². The minimum atomic E-state index is -0.0197. The molecule has 2 nitrogen and oxygen atoms in total. The van der Waals surface area contributed by atoms with Crippen LogP contribution in [0.3, 0.4) is 0 Å². The van der Waals surface area contributed by atoms with Crippen LogP contribution in [-0.4, -0.2) is 11.9 Å². The molecular formula is C13H14O2. The van der Waals surface area contributed by atoms with Crippen LogP contribution in [0, 0.1) is 5.92 Å². The molecular weight excluding hydrogens is 188 g/mol. The summed E-state index contributed by atoms with van der Waals surface area (Å²) < 4.78 is 5.70. The fourth-order valence-electron chi connectivity index (χ4n) is 2.37. The van der Waals surface area contributed by atoms with Gasteiger partial charge in [-0.05, 0) is 25.8 Å². The molecule has 0 bridgehead atoms. The Balaban J connectivity index is 1.97. The van der Waals surface area contributed by atoms with Crippen molar-refractivity contribution < 1.29 is 9.53 Å². The standard InChI is InChI=1S/C13H14O2/c1-8-12(13(14)9-6-7-9)10-4-2-3-5-11(10)15-8/h2-5,8-9,12H,6-7H2,1H3/t8-,12-/m0/s1. The lowest BCUT2D eigenvalue weighted by Gasteiger charge is -2.12. The number of hydrogen-bond donors (Lipinski definition) is 0. The van der Waals surface area contributed by atoms with Crippen molar-refractivity contribution in [3.05, 3.63) is 29.8 Å². The van der Waals surface area contributed by atoms with Crippen LogP contribution in [0.4, 0.5) is 0 Å². The van der Waals surface area contributed by atoms with Gasteiger partial charge in [-0.25, -0.2) is 0 Å². The maximum atomic E-state index is 12.1. The highest BCUT2D eigenvalue weighted by Gasteiger charge is 2.42. The zero-order valence-electron chi connectivity index (χ0n) is 8.77. The van der Waals surface area contributed by atoms with E-state index < -0.39 is 0 Å². The summed E-state index contributed by atoms with van der Waals surface area (Å²) in [6.07, 6.45) is 2.16. The van der Waals surface area contributed by atoms with Gasteiger partial charge < -0.3 is 4.74 Å². The van der Waals surface area contributed by atoms with Gasteiger partial charge in [0.25, 0.3) is 0 Å². The zero-order chi connectivity index (χ0) is 10.4. The van der Waals surface area contributed by atoms with Gasteiger partial charge in [0.1, 0.15) is 17.6 Å². The third kappa shape index (κ3) is 1.36. The average Bonchev–Trinajstić information content (AvgIpc) is 3.00. The predicted octanol–water partition coefficient (Wildman–Crippen LogP) is 2.53. The number of ketones is 1. The second kappa shape index (κ2) is 3.09. The molecule has 2 atom stereocenters. The van der Waals surface area contributed by atoms with E-state index in [4.69, 9.17) is 4.74 Å². The molecule has 0 spiro atoms. The van der Waals surface area contributed by atoms with Crippen molar-refractivity contribution in [3.63, 3.8) is 0 Å². The molecule has 1 fully saturated rings. The molecule has 1 aliphatic heterocycles. The topological polar surface area (TPSA) is 26.3 Å². The Kier molecular flexibility index (Phi) is 1.84. The lowest BCUT2D eigenvalue weighted by Crippen LogP contribution is -2.23. The van der Waals surface area contributed by atoms with Gasteiger partial charge in [0.2, 0.25) is 0 Å². The Morgan fingerprint density at radius 3 is 2.80 bits per heavy atom. The first-order chi connectivity index (χ1) is 7.27. The van der Waals surface area contributed by atoms with Crippen molar-refractivity contribution in [2.75, 3.05) is 0 Å². The fraction of sp³-hybridized carbons (Fsp3) is 0.462. The van der Waals surface area contributed by atoms with Crippen molar-refractivity contribution in [1.29, 1.82) is 0 Å². The Hall–Kier alpha value is -1.31. The van der Waals surface area contributed by atoms with E-state index in [-0.39, 0.29) is 12.0 Å². The molecule has 0 N–H and O–H groups in total. The Morgan fingerprint density at radius 1 is 1.33 bits per heavy atom. The minimum Gasteiger partial charge on any atom is -0.489 e. The molecule has 2 heteroatoms. The van der Waals surface area contributed by atoms with E-state index in [0.717, 1.165) is 24.2 Å². The van der Waals surface area contributed by atoms with Gasteiger partial charge in [-0.1, -0.05) is 18.2 Å². The molecule has 0 amide bonds. The summed E-state index contributed by atoms with van der Waals surface area (Å²) in [4.78, 5) is 12.1. The molecule has 1 saturated carbocycles. The second-order valence-electron chi connectivity index (χ2n) is 4.52. The van der Waals surface area contributed by atoms with Gasteiger partial charge in [0, 0.05) is 11.5 Å². The SMILES string of the molecule is C[C@@H]1Oc2ccccc2[C@H]1C(=O)C1CC1. The molecule has 0 unspecified atom stereocenters. The van der Waals surface area contributed by atoms with Gasteiger partial charge >= 0.3 is 0 Å². The molecule has 1 aromatic rings. The molecule has 15 heavy (non-hydrogen) atoms. The number of carbonyl (C=O) groups is 1. The van der Waals surface area contributed by atoms with E-state index in [0.29, 0.717) is 11.7 Å². The quantitative estimate of drug-likeness (QED) is 0.736.